The molecule has 14 N–H and O–H groups in total. The summed E-state index contributed by atoms with van der Waals surface area (Å²) < 4.78 is 0. The lowest BCUT2D eigenvalue weighted by atomic mass is 9.88. The minimum Gasteiger partial charge on any atom is -0.481 e. The Morgan fingerprint density at radius 2 is 1.08 bits per heavy atom. The number of carbonyl (C=O) groups excluding carboxylic acids is 12. The maximum absolute atomic E-state index is 15.2. The summed E-state index contributed by atoms with van der Waals surface area (Å²) in [7, 11) is 0. The lowest BCUT2D eigenvalue weighted by Crippen LogP contribution is -2.56. The van der Waals surface area contributed by atoms with Crippen LogP contribution in [0.4, 0.5) is 0 Å². The van der Waals surface area contributed by atoms with Crippen LogP contribution in [0.2, 0.25) is 0 Å². The summed E-state index contributed by atoms with van der Waals surface area (Å²) in [6.45, 7) is 12.5. The molecule has 7 amide bonds. The van der Waals surface area contributed by atoms with Gasteiger partial charge in [-0.2, -0.15) is 11.8 Å². The SMILES string of the molecule is C#CCCC(=O)CCC(=O)N[C@H](C(=O)N1CCC[C@H]1C(=O)N[C@H](CC(C)C)C(=O)C[C@@H](CCCN=C(N)N)C(=O)N[C@@H](Cc1ccccc1)C(=O)C[C@@H](CCSC)C(=O)N[C@@H](Cc1c[nH]c2ccccc12)C(=O)C[C@@H](C)C(=O)N[C@@H](CC(C)C)C(=O)C[C@@H](CC(=O)O)C(=O)N[C@@H](Cc1c[nH]c2ccccc12)C(=O)O)C(C)C. The van der Waals surface area contributed by atoms with E-state index in [9.17, 15) is 63.0 Å². The maximum Gasteiger partial charge on any atom is 0.326 e. The lowest BCUT2D eigenvalue weighted by Gasteiger charge is -2.31. The number of aliphatic imine (C=N–C) groups is 1. The summed E-state index contributed by atoms with van der Waals surface area (Å²) in [5, 5.41) is 38.3. The summed E-state index contributed by atoms with van der Waals surface area (Å²) >= 11 is 1.41. The number of Topliss-reactive ketones (excluding diaryl/α,β-unsaturated/α-hetero) is 5. The highest BCUT2D eigenvalue weighted by atomic mass is 32.2. The number of rotatable bonds is 50. The van der Waals surface area contributed by atoms with Gasteiger partial charge in [0.25, 0.3) is 0 Å². The van der Waals surface area contributed by atoms with Gasteiger partial charge in [-0.1, -0.05) is 115 Å². The molecule has 6 rings (SSSR count). The van der Waals surface area contributed by atoms with E-state index in [1.54, 1.807) is 94.7 Å². The number of carboxylic acids is 2. The third kappa shape index (κ3) is 28.7. The van der Waals surface area contributed by atoms with Gasteiger partial charge < -0.3 is 68.4 Å². The van der Waals surface area contributed by atoms with Gasteiger partial charge in [0.2, 0.25) is 41.4 Å². The highest BCUT2D eigenvalue weighted by molar-refractivity contribution is 7.98. The number of amides is 7. The van der Waals surface area contributed by atoms with Crippen molar-refractivity contribution in [3.63, 3.8) is 0 Å². The standard InChI is InChI=1S/C83H112N12O16S/c1-10-11-24-58(96)30-31-73(101)94-75(50(6)7)81(109)95-34-20-29-68(95)80(108)92-64(37-49(4)5)70(98)42-53(23-19-33-86-83(84)85)77(105)90-65(39-52-21-13-12-14-22-52)71(99)43-54(32-35-112-9)78(106)91-66(40-56-46-87-61-27-17-15-25-59(56)61)69(97)38-51(8)76(104)89-63(36-48(2)3)72(100)44-55(45-74(102)103)79(107)93-67(82(110)111)41-57-47-88-62-28-18-16-26-60(57)62/h1,12-18,21-22,25-28,46-51,53-55,63-68,75,87-88H,11,19-20,23-24,29-45H2,2-9H3,(H,89,104)(H,90,105)(H,91,106)(H,92,108)(H,93,107)(H,94,101)(H,102,103)(H,110,111)(H4,84,85,86)/t51-,53-,54-,55+,63+,64-,65+,66+,67+,68+,75+/m1/s1. The number of fused-ring (bicyclic) bond motifs is 2. The average molecular weight is 1570 g/mol. The first-order valence-electron chi connectivity index (χ1n) is 38.6. The number of guanidine groups is 1. The Labute approximate surface area is 658 Å². The first kappa shape index (κ1) is 90.4. The van der Waals surface area contributed by atoms with Gasteiger partial charge in [-0.3, -0.25) is 67.3 Å². The Morgan fingerprint density at radius 3 is 1.62 bits per heavy atom. The number of hydrogen-bond donors (Lipinski definition) is 12. The average Bonchev–Trinajstić information content (AvgIpc) is 1.65. The molecule has 606 valence electrons. The van der Waals surface area contributed by atoms with Gasteiger partial charge in [-0.15, -0.1) is 12.3 Å². The summed E-state index contributed by atoms with van der Waals surface area (Å²) in [6, 6.07) is 14.7. The predicted molar refractivity (Wildman–Crippen MR) is 427 cm³/mol. The number of nitrogens with one attached hydrogen (secondary N) is 8. The molecule has 1 saturated heterocycles. The molecule has 29 heteroatoms. The molecule has 3 aromatic carbocycles. The molecule has 2 aromatic heterocycles. The Hall–Kier alpha value is -10.5. The molecule has 3 heterocycles. The number of likely N-dealkylation sites (tertiary alicyclic amines) is 1. The number of aromatic amines is 2. The zero-order valence-corrected chi connectivity index (χ0v) is 66.3. The topological polar surface area (TPSA) is 451 Å². The van der Waals surface area contributed by atoms with Gasteiger partial charge in [0.05, 0.1) is 36.5 Å². The number of hydrogen-bond acceptors (Lipinski definition) is 16. The van der Waals surface area contributed by atoms with E-state index in [1.165, 1.54) is 23.6 Å². The molecule has 1 aliphatic rings. The van der Waals surface area contributed by atoms with Crippen molar-refractivity contribution in [1.82, 2.24) is 46.8 Å². The number of carboxylic acid groups (broad SMARTS) is 2. The molecule has 112 heavy (non-hydrogen) atoms. The third-order valence-electron chi connectivity index (χ3n) is 20.1. The third-order valence-corrected chi connectivity index (χ3v) is 20.7. The Morgan fingerprint density at radius 1 is 0.580 bits per heavy atom. The lowest BCUT2D eigenvalue weighted by molar-refractivity contribution is -0.144. The molecular weight excluding hydrogens is 1450 g/mol. The van der Waals surface area contributed by atoms with E-state index in [0.717, 1.165) is 21.8 Å². The maximum atomic E-state index is 15.2. The summed E-state index contributed by atoms with van der Waals surface area (Å²) in [5.74, 6) is -13.2. The van der Waals surface area contributed by atoms with Crippen LogP contribution in [0.5, 0.6) is 0 Å². The number of aliphatic carboxylic acids is 2. The zero-order chi connectivity index (χ0) is 82.3. The van der Waals surface area contributed by atoms with Gasteiger partial charge >= 0.3 is 11.9 Å². The van der Waals surface area contributed by atoms with Gasteiger partial charge in [-0.25, -0.2) is 4.79 Å². The fraction of sp³-hybridized carbons (Fsp3) is 0.530. The largest absolute Gasteiger partial charge is 0.481 e. The number of ketones is 5. The van der Waals surface area contributed by atoms with Crippen LogP contribution in [0.25, 0.3) is 21.8 Å². The summed E-state index contributed by atoms with van der Waals surface area (Å²) in [6.07, 6.45) is 8.73. The van der Waals surface area contributed by atoms with Crippen LogP contribution in [0, 0.1) is 53.8 Å². The monoisotopic (exact) mass is 1560 g/mol. The van der Waals surface area contributed by atoms with Crippen molar-refractivity contribution < 1.29 is 77.3 Å². The van der Waals surface area contributed by atoms with Crippen LogP contribution in [-0.4, -0.2) is 181 Å². The number of benzene rings is 3. The molecule has 28 nitrogen and oxygen atoms in total. The van der Waals surface area contributed by atoms with Crippen LogP contribution in [0.15, 0.2) is 96.2 Å². The van der Waals surface area contributed by atoms with E-state index in [-0.39, 0.29) is 120 Å². The van der Waals surface area contributed by atoms with E-state index in [1.807, 2.05) is 44.4 Å². The highest BCUT2D eigenvalue weighted by Gasteiger charge is 2.42. The van der Waals surface area contributed by atoms with Crippen LogP contribution in [-0.2, 0) is 86.4 Å². The first-order valence-corrected chi connectivity index (χ1v) is 40.0. The Kier molecular flexibility index (Phi) is 36.4. The molecule has 0 spiro atoms. The van der Waals surface area contributed by atoms with Crippen molar-refractivity contribution in [2.24, 2.45) is 57.9 Å². The van der Waals surface area contributed by atoms with E-state index >= 15 is 14.4 Å². The number of nitrogens with zero attached hydrogens (tertiary/aromatic N) is 2. The first-order chi connectivity index (χ1) is 53.3. The van der Waals surface area contributed by atoms with Gasteiger partial charge in [-0.05, 0) is 110 Å². The number of thioether (sulfide) groups is 1. The van der Waals surface area contributed by atoms with E-state index in [0.29, 0.717) is 28.9 Å². The quantitative estimate of drug-likeness (QED) is 0.00826. The van der Waals surface area contributed by atoms with Crippen LogP contribution >= 0.6 is 11.8 Å². The fourth-order valence-electron chi connectivity index (χ4n) is 14.0. The number of terminal acetylenes is 1. The van der Waals surface area contributed by atoms with E-state index < -0.39 is 180 Å². The zero-order valence-electron chi connectivity index (χ0n) is 65.4. The number of para-hydroxylation sites is 2. The Balaban J connectivity index is 1.21. The van der Waals surface area contributed by atoms with Crippen molar-refractivity contribution >= 4 is 122 Å². The van der Waals surface area contributed by atoms with Crippen molar-refractivity contribution in [2.45, 2.75) is 213 Å². The minimum atomic E-state index is -1.54. The normalized spacial score (nSPS) is 15.4. The number of H-pyrrole nitrogens is 2. The fourth-order valence-corrected chi connectivity index (χ4v) is 14.5. The number of aromatic nitrogens is 2. The van der Waals surface area contributed by atoms with Gasteiger partial charge in [0.1, 0.15) is 23.9 Å². The van der Waals surface area contributed by atoms with E-state index in [4.69, 9.17) is 17.9 Å². The summed E-state index contributed by atoms with van der Waals surface area (Å²) in [5.41, 5.74) is 14.7. The van der Waals surface area contributed by atoms with Crippen LogP contribution in [0.1, 0.15) is 168 Å². The van der Waals surface area contributed by atoms with Gasteiger partial charge in [0, 0.05) is 129 Å². The molecule has 11 atom stereocenters. The van der Waals surface area contributed by atoms with Crippen molar-refractivity contribution in [2.75, 3.05) is 25.1 Å². The second-order valence-electron chi connectivity index (χ2n) is 30.4. The predicted octanol–water partition coefficient (Wildman–Crippen LogP) is 6.78. The minimum absolute atomic E-state index is 0.0400. The molecule has 0 aliphatic carbocycles. The molecule has 0 bridgehead atoms. The van der Waals surface area contributed by atoms with Crippen molar-refractivity contribution in [1.29, 1.82) is 0 Å². The van der Waals surface area contributed by atoms with Crippen molar-refractivity contribution in [3.05, 3.63) is 108 Å². The second-order valence-corrected chi connectivity index (χ2v) is 31.4. The van der Waals surface area contributed by atoms with Crippen molar-refractivity contribution in [3.8, 4) is 12.3 Å². The van der Waals surface area contributed by atoms with Crippen LogP contribution in [0.3, 0.4) is 0 Å². The molecule has 1 fully saturated rings. The second kappa shape index (κ2) is 45.1. The Bertz CT molecular complexity index is 4180. The number of carbonyl (C=O) groups is 14. The molecule has 5 aromatic rings. The molecular formula is C83H112N12O16S. The van der Waals surface area contributed by atoms with Crippen LogP contribution < -0.4 is 43.4 Å². The smallest absolute Gasteiger partial charge is 0.326 e. The number of nitrogens with two attached hydrogens (primary N) is 2. The van der Waals surface area contributed by atoms with E-state index in [2.05, 4.69) is 52.8 Å². The summed E-state index contributed by atoms with van der Waals surface area (Å²) in [4.78, 5) is 208. The molecule has 1 aliphatic heterocycles. The molecule has 0 saturated carbocycles. The highest BCUT2D eigenvalue weighted by Crippen LogP contribution is 2.28. The molecule has 0 unspecified atom stereocenters. The van der Waals surface area contributed by atoms with Gasteiger partial charge in [0.15, 0.2) is 29.1 Å². The molecule has 0 radical (unpaired) electrons.